The zero-order chi connectivity index (χ0) is 16.4. The fourth-order valence-electron chi connectivity index (χ4n) is 4.07. The summed E-state index contributed by atoms with van der Waals surface area (Å²) in [5, 5.41) is 9.02. The first-order chi connectivity index (χ1) is 11.8. The van der Waals surface area contributed by atoms with E-state index in [0.29, 0.717) is 5.92 Å². The van der Waals surface area contributed by atoms with Gasteiger partial charge in [0.15, 0.2) is 0 Å². The first-order valence-corrected chi connectivity index (χ1v) is 9.18. The van der Waals surface area contributed by atoms with Crippen molar-refractivity contribution in [1.29, 1.82) is 0 Å². The summed E-state index contributed by atoms with van der Waals surface area (Å²) in [5.41, 5.74) is 1.18. The second-order valence-corrected chi connectivity index (χ2v) is 7.14. The molecule has 0 bridgehead atoms. The van der Waals surface area contributed by atoms with Gasteiger partial charge >= 0.3 is 0 Å². The van der Waals surface area contributed by atoms with Crippen LogP contribution in [0, 0.1) is 5.82 Å². The van der Waals surface area contributed by atoms with Gasteiger partial charge < -0.3 is 4.57 Å². The van der Waals surface area contributed by atoms with Gasteiger partial charge in [0.2, 0.25) is 0 Å². The van der Waals surface area contributed by atoms with E-state index < -0.39 is 0 Å². The van der Waals surface area contributed by atoms with E-state index in [-0.39, 0.29) is 5.82 Å². The minimum absolute atomic E-state index is 0.165. The van der Waals surface area contributed by atoms with Crippen LogP contribution in [0.4, 0.5) is 4.39 Å². The Morgan fingerprint density at radius 3 is 2.75 bits per heavy atom. The van der Waals surface area contributed by atoms with Crippen LogP contribution in [0.2, 0.25) is 0 Å². The van der Waals surface area contributed by atoms with Crippen LogP contribution in [0.1, 0.15) is 55.2 Å². The largest absolute Gasteiger partial charge is 0.315 e. The molecule has 2 aliphatic heterocycles. The monoisotopic (exact) mass is 328 g/mol. The van der Waals surface area contributed by atoms with E-state index in [2.05, 4.69) is 19.7 Å². The Morgan fingerprint density at radius 2 is 1.88 bits per heavy atom. The van der Waals surface area contributed by atoms with Crippen LogP contribution in [-0.4, -0.2) is 32.8 Å². The van der Waals surface area contributed by atoms with Gasteiger partial charge in [-0.05, 0) is 49.9 Å². The van der Waals surface area contributed by atoms with Gasteiger partial charge in [0, 0.05) is 32.0 Å². The molecule has 1 saturated heterocycles. The van der Waals surface area contributed by atoms with Gasteiger partial charge in [-0.3, -0.25) is 4.90 Å². The number of likely N-dealkylation sites (tertiary alicyclic amines) is 1. The predicted molar refractivity (Wildman–Crippen MR) is 91.2 cm³/mol. The molecule has 0 N–H and O–H groups in total. The van der Waals surface area contributed by atoms with E-state index >= 15 is 0 Å². The molecule has 0 saturated carbocycles. The second kappa shape index (κ2) is 7.01. The summed E-state index contributed by atoms with van der Waals surface area (Å²) in [6.45, 7) is 4.09. The van der Waals surface area contributed by atoms with E-state index in [1.54, 1.807) is 12.1 Å². The van der Waals surface area contributed by atoms with E-state index in [1.165, 1.54) is 49.3 Å². The highest BCUT2D eigenvalue weighted by Gasteiger charge is 2.27. The lowest BCUT2D eigenvalue weighted by atomic mass is 9.96. The lowest BCUT2D eigenvalue weighted by Crippen LogP contribution is -2.35. The van der Waals surface area contributed by atoms with E-state index in [9.17, 15) is 4.39 Å². The highest BCUT2D eigenvalue weighted by molar-refractivity contribution is 5.16. The Balaban J connectivity index is 1.47. The van der Waals surface area contributed by atoms with Crippen LogP contribution in [0.15, 0.2) is 24.3 Å². The Bertz CT molecular complexity index is 679. The molecule has 1 fully saturated rings. The van der Waals surface area contributed by atoms with E-state index in [4.69, 9.17) is 0 Å². The highest BCUT2D eigenvalue weighted by Crippen LogP contribution is 2.28. The zero-order valence-electron chi connectivity index (χ0n) is 14.1. The number of piperidine rings is 1. The Hall–Kier alpha value is -1.75. The molecule has 2 aromatic rings. The number of rotatable bonds is 3. The normalized spacial score (nSPS) is 22.1. The van der Waals surface area contributed by atoms with Crippen LogP contribution in [0.5, 0.6) is 0 Å². The SMILES string of the molecule is Fc1ccc(CN2CCC[C@@H](c3nnc4n3CCCCC4)C2)cc1. The minimum atomic E-state index is -0.165. The van der Waals surface area contributed by atoms with Crippen LogP contribution in [-0.2, 0) is 19.5 Å². The van der Waals surface area contributed by atoms with Crippen molar-refractivity contribution < 1.29 is 4.39 Å². The molecule has 0 unspecified atom stereocenters. The lowest BCUT2D eigenvalue weighted by Gasteiger charge is -2.32. The van der Waals surface area contributed by atoms with Crippen molar-refractivity contribution in [1.82, 2.24) is 19.7 Å². The minimum Gasteiger partial charge on any atom is -0.315 e. The van der Waals surface area contributed by atoms with Crippen molar-refractivity contribution in [2.45, 2.75) is 57.5 Å². The average molecular weight is 328 g/mol. The van der Waals surface area contributed by atoms with Crippen molar-refractivity contribution in [3.8, 4) is 0 Å². The van der Waals surface area contributed by atoms with Crippen molar-refractivity contribution in [2.24, 2.45) is 0 Å². The summed E-state index contributed by atoms with van der Waals surface area (Å²) in [5.74, 6) is 2.67. The molecule has 2 aliphatic rings. The summed E-state index contributed by atoms with van der Waals surface area (Å²) >= 11 is 0. The van der Waals surface area contributed by atoms with Gasteiger partial charge in [-0.15, -0.1) is 10.2 Å². The molecular formula is C19H25FN4. The van der Waals surface area contributed by atoms with Gasteiger partial charge in [-0.25, -0.2) is 4.39 Å². The smallest absolute Gasteiger partial charge is 0.137 e. The second-order valence-electron chi connectivity index (χ2n) is 7.14. The molecule has 1 atom stereocenters. The summed E-state index contributed by atoms with van der Waals surface area (Å²) in [7, 11) is 0. The van der Waals surface area contributed by atoms with E-state index in [1.807, 2.05) is 12.1 Å². The molecule has 0 radical (unpaired) electrons. The van der Waals surface area contributed by atoms with Gasteiger partial charge in [0.05, 0.1) is 0 Å². The topological polar surface area (TPSA) is 34.0 Å². The number of aromatic nitrogens is 3. The third-order valence-electron chi connectivity index (χ3n) is 5.33. The summed E-state index contributed by atoms with van der Waals surface area (Å²) in [6, 6.07) is 6.88. The third kappa shape index (κ3) is 3.36. The molecule has 1 aromatic carbocycles. The lowest BCUT2D eigenvalue weighted by molar-refractivity contribution is 0.194. The van der Waals surface area contributed by atoms with Gasteiger partial charge in [-0.2, -0.15) is 0 Å². The number of aryl methyl sites for hydroxylation is 1. The molecule has 0 aliphatic carbocycles. The molecular weight excluding hydrogens is 303 g/mol. The van der Waals surface area contributed by atoms with Gasteiger partial charge in [0.1, 0.15) is 17.5 Å². The molecule has 24 heavy (non-hydrogen) atoms. The van der Waals surface area contributed by atoms with Crippen molar-refractivity contribution >= 4 is 0 Å². The Labute approximate surface area is 142 Å². The molecule has 128 valence electrons. The Kier molecular flexibility index (Phi) is 4.60. The summed E-state index contributed by atoms with van der Waals surface area (Å²) in [4.78, 5) is 2.47. The first kappa shape index (κ1) is 15.8. The molecule has 4 nitrogen and oxygen atoms in total. The standard InChI is InChI=1S/C19H25FN4/c20-17-9-7-15(8-10-17)13-23-11-4-5-16(14-23)19-22-21-18-6-2-1-3-12-24(18)19/h7-10,16H,1-6,11-14H2/t16-/m1/s1. The maximum Gasteiger partial charge on any atom is 0.137 e. The molecule has 4 rings (SSSR count). The fraction of sp³-hybridized carbons (Fsp3) is 0.579. The number of halogens is 1. The van der Waals surface area contributed by atoms with E-state index in [0.717, 1.165) is 32.6 Å². The van der Waals surface area contributed by atoms with Crippen LogP contribution in [0.25, 0.3) is 0 Å². The fourth-order valence-corrected chi connectivity index (χ4v) is 4.07. The van der Waals surface area contributed by atoms with Crippen molar-refractivity contribution in [3.05, 3.63) is 47.3 Å². The van der Waals surface area contributed by atoms with Crippen LogP contribution >= 0.6 is 0 Å². The predicted octanol–water partition coefficient (Wildman–Crippen LogP) is 3.52. The zero-order valence-corrected chi connectivity index (χ0v) is 14.1. The van der Waals surface area contributed by atoms with Gasteiger partial charge in [-0.1, -0.05) is 18.6 Å². The molecule has 1 aromatic heterocycles. The molecule has 5 heteroatoms. The molecule has 3 heterocycles. The number of benzene rings is 1. The summed E-state index contributed by atoms with van der Waals surface area (Å²) in [6.07, 6.45) is 7.22. The van der Waals surface area contributed by atoms with Crippen molar-refractivity contribution in [2.75, 3.05) is 13.1 Å². The number of hydrogen-bond acceptors (Lipinski definition) is 3. The first-order valence-electron chi connectivity index (χ1n) is 9.18. The number of fused-ring (bicyclic) bond motifs is 1. The van der Waals surface area contributed by atoms with Crippen LogP contribution < -0.4 is 0 Å². The number of nitrogens with zero attached hydrogens (tertiary/aromatic N) is 4. The summed E-state index contributed by atoms with van der Waals surface area (Å²) < 4.78 is 15.5. The van der Waals surface area contributed by atoms with Crippen LogP contribution in [0.3, 0.4) is 0 Å². The Morgan fingerprint density at radius 1 is 1.00 bits per heavy atom. The van der Waals surface area contributed by atoms with Gasteiger partial charge in [0.25, 0.3) is 0 Å². The number of hydrogen-bond donors (Lipinski definition) is 0. The average Bonchev–Trinajstić information content (AvgIpc) is 2.86. The highest BCUT2D eigenvalue weighted by atomic mass is 19.1. The van der Waals surface area contributed by atoms with Crippen molar-refractivity contribution in [3.63, 3.8) is 0 Å². The molecule has 0 amide bonds. The third-order valence-corrected chi connectivity index (χ3v) is 5.33. The quantitative estimate of drug-likeness (QED) is 0.864. The molecule has 0 spiro atoms. The maximum absolute atomic E-state index is 13.1. The maximum atomic E-state index is 13.1.